The molecule has 1 heterocycles. The highest BCUT2D eigenvalue weighted by molar-refractivity contribution is 5.98. The topological polar surface area (TPSA) is 47.0 Å². The molecule has 3 aliphatic rings. The summed E-state index contributed by atoms with van der Waals surface area (Å²) in [5, 5.41) is 0. The molecule has 1 unspecified atom stereocenters. The summed E-state index contributed by atoms with van der Waals surface area (Å²) in [7, 11) is 0. The van der Waals surface area contributed by atoms with E-state index in [1.54, 1.807) is 0 Å². The monoisotopic (exact) mass is 479 g/mol. The van der Waals surface area contributed by atoms with Crippen LogP contribution in [0.5, 0.6) is 0 Å². The Balaban J connectivity index is 0.00000130. The van der Waals surface area contributed by atoms with Crippen LogP contribution in [-0.2, 0) is 10.2 Å². The minimum absolute atomic E-state index is 0.0514. The molecule has 3 aromatic rings. The van der Waals surface area contributed by atoms with Crippen molar-refractivity contribution >= 4 is 12.1 Å². The summed E-state index contributed by atoms with van der Waals surface area (Å²) in [6.07, 6.45) is 9.98. The van der Waals surface area contributed by atoms with Crippen molar-refractivity contribution in [2.24, 2.45) is 11.8 Å². The van der Waals surface area contributed by atoms with Gasteiger partial charge in [0.1, 0.15) is 6.29 Å². The second-order valence-corrected chi connectivity index (χ2v) is 10.7. The maximum absolute atomic E-state index is 13.3. The molecule has 0 aliphatic heterocycles. The highest BCUT2D eigenvalue weighted by atomic mass is 16.1. The van der Waals surface area contributed by atoms with E-state index in [4.69, 9.17) is 4.98 Å². The van der Waals surface area contributed by atoms with Gasteiger partial charge in [0, 0.05) is 40.8 Å². The number of nitrogens with zero attached hydrogens (tertiary/aromatic N) is 1. The molecular formula is C33H37NO2. The Morgan fingerprint density at radius 1 is 0.972 bits per heavy atom. The highest BCUT2D eigenvalue weighted by Crippen LogP contribution is 2.62. The number of benzene rings is 2. The fourth-order valence-electron chi connectivity index (χ4n) is 6.41. The van der Waals surface area contributed by atoms with E-state index in [1.807, 2.05) is 20.0 Å². The van der Waals surface area contributed by atoms with Crippen LogP contribution >= 0.6 is 0 Å². The van der Waals surface area contributed by atoms with Gasteiger partial charge in [0.15, 0.2) is 5.78 Å². The van der Waals surface area contributed by atoms with Crippen LogP contribution in [0.1, 0.15) is 97.5 Å². The molecule has 2 saturated carbocycles. The van der Waals surface area contributed by atoms with Crippen molar-refractivity contribution in [3.63, 3.8) is 0 Å². The average molecular weight is 480 g/mol. The number of rotatable bonds is 5. The Hall–Kier alpha value is -3.07. The first-order chi connectivity index (χ1) is 17.6. The second kappa shape index (κ2) is 10.1. The van der Waals surface area contributed by atoms with Gasteiger partial charge in [-0.1, -0.05) is 56.3 Å². The molecule has 0 radical (unpaired) electrons. The standard InChI is InChI=1S/C31H31NO2.C2H6/c1-20-4-2-3-5-25(20)24-11-13-29(32-18-24)27-17-31(14-15-31)28-12-10-23(16-26(27)28)30(34)22-8-6-21(19-33)7-9-22;1-2/h2-5,10-13,16,18-19,21-22,27H,6-9,14-15,17H2,1H3;1-2H3. The summed E-state index contributed by atoms with van der Waals surface area (Å²) in [5.41, 5.74) is 8.61. The SMILES string of the molecule is CC.Cc1ccccc1-c1ccc(C2CC3(CC3)c3ccc(C(=O)C4CCC(C=O)CC4)cc32)nc1. The zero-order valence-electron chi connectivity index (χ0n) is 21.8. The molecule has 3 nitrogen and oxygen atoms in total. The van der Waals surface area contributed by atoms with Gasteiger partial charge in [0.2, 0.25) is 0 Å². The first-order valence-corrected chi connectivity index (χ1v) is 13.7. The molecule has 0 bridgehead atoms. The Kier molecular flexibility index (Phi) is 6.92. The van der Waals surface area contributed by atoms with E-state index in [0.717, 1.165) is 55.2 Å². The van der Waals surface area contributed by atoms with E-state index in [-0.39, 0.29) is 23.5 Å². The van der Waals surface area contributed by atoms with Crippen molar-refractivity contribution in [1.82, 2.24) is 4.98 Å². The molecule has 6 rings (SSSR count). The van der Waals surface area contributed by atoms with Crippen LogP contribution in [0, 0.1) is 18.8 Å². The molecule has 186 valence electrons. The Bertz CT molecular complexity index is 1250. The number of carbonyl (C=O) groups is 2. The fraction of sp³-hybridized carbons (Fsp3) is 0.424. The fourth-order valence-corrected chi connectivity index (χ4v) is 6.41. The third-order valence-electron chi connectivity index (χ3n) is 8.67. The zero-order valence-corrected chi connectivity index (χ0v) is 21.8. The van der Waals surface area contributed by atoms with E-state index in [2.05, 4.69) is 61.5 Å². The largest absolute Gasteiger partial charge is 0.303 e. The van der Waals surface area contributed by atoms with E-state index in [9.17, 15) is 9.59 Å². The predicted molar refractivity (Wildman–Crippen MR) is 145 cm³/mol. The molecule has 0 saturated heterocycles. The van der Waals surface area contributed by atoms with Crippen molar-refractivity contribution < 1.29 is 9.59 Å². The molecule has 2 aromatic carbocycles. The van der Waals surface area contributed by atoms with Gasteiger partial charge in [-0.2, -0.15) is 0 Å². The Morgan fingerprint density at radius 3 is 2.36 bits per heavy atom. The molecule has 36 heavy (non-hydrogen) atoms. The van der Waals surface area contributed by atoms with Crippen LogP contribution in [-0.4, -0.2) is 17.1 Å². The van der Waals surface area contributed by atoms with Crippen molar-refractivity contribution in [2.75, 3.05) is 0 Å². The Morgan fingerprint density at radius 2 is 1.72 bits per heavy atom. The number of Topliss-reactive ketones (excluding diaryl/α,β-unsaturated/α-hetero) is 1. The number of hydrogen-bond donors (Lipinski definition) is 0. The second-order valence-electron chi connectivity index (χ2n) is 10.7. The first kappa shape index (κ1) is 24.6. The molecule has 1 spiro atoms. The molecular weight excluding hydrogens is 442 g/mol. The minimum atomic E-state index is 0.0514. The molecule has 3 aliphatic carbocycles. The van der Waals surface area contributed by atoms with Gasteiger partial charge < -0.3 is 4.79 Å². The van der Waals surface area contributed by atoms with Crippen LogP contribution in [0.2, 0.25) is 0 Å². The van der Waals surface area contributed by atoms with Crippen molar-refractivity contribution in [2.45, 2.75) is 77.0 Å². The smallest absolute Gasteiger partial charge is 0.165 e. The number of pyridine rings is 1. The third kappa shape index (κ3) is 4.45. The predicted octanol–water partition coefficient (Wildman–Crippen LogP) is 7.84. The van der Waals surface area contributed by atoms with Gasteiger partial charge in [-0.15, -0.1) is 0 Å². The molecule has 0 N–H and O–H groups in total. The van der Waals surface area contributed by atoms with Gasteiger partial charge in [0.25, 0.3) is 0 Å². The van der Waals surface area contributed by atoms with Crippen LogP contribution in [0.3, 0.4) is 0 Å². The van der Waals surface area contributed by atoms with Gasteiger partial charge in [-0.25, -0.2) is 0 Å². The minimum Gasteiger partial charge on any atom is -0.303 e. The molecule has 0 amide bonds. The maximum atomic E-state index is 13.3. The van der Waals surface area contributed by atoms with Crippen molar-refractivity contribution in [3.8, 4) is 11.1 Å². The van der Waals surface area contributed by atoms with Gasteiger partial charge >= 0.3 is 0 Å². The van der Waals surface area contributed by atoms with E-state index in [0.29, 0.717) is 5.41 Å². The maximum Gasteiger partial charge on any atom is 0.165 e. The number of hydrogen-bond acceptors (Lipinski definition) is 3. The number of aldehydes is 1. The normalized spacial score (nSPS) is 23.4. The van der Waals surface area contributed by atoms with E-state index in [1.165, 1.54) is 35.1 Å². The lowest BCUT2D eigenvalue weighted by atomic mass is 9.78. The summed E-state index contributed by atoms with van der Waals surface area (Å²) in [6, 6.07) is 19.3. The lowest BCUT2D eigenvalue weighted by molar-refractivity contribution is -0.112. The van der Waals surface area contributed by atoms with Crippen LogP contribution < -0.4 is 0 Å². The summed E-state index contributed by atoms with van der Waals surface area (Å²) < 4.78 is 0. The highest BCUT2D eigenvalue weighted by Gasteiger charge is 2.52. The average Bonchev–Trinajstić information content (AvgIpc) is 3.66. The van der Waals surface area contributed by atoms with Gasteiger partial charge in [-0.3, -0.25) is 9.78 Å². The number of fused-ring (bicyclic) bond motifs is 2. The summed E-state index contributed by atoms with van der Waals surface area (Å²) >= 11 is 0. The molecule has 1 aromatic heterocycles. The van der Waals surface area contributed by atoms with Crippen molar-refractivity contribution in [3.05, 3.63) is 88.7 Å². The number of aromatic nitrogens is 1. The van der Waals surface area contributed by atoms with Crippen LogP contribution in [0.15, 0.2) is 60.8 Å². The van der Waals surface area contributed by atoms with Crippen LogP contribution in [0.25, 0.3) is 11.1 Å². The van der Waals surface area contributed by atoms with E-state index < -0.39 is 0 Å². The Labute approximate surface area is 215 Å². The third-order valence-corrected chi connectivity index (χ3v) is 8.67. The van der Waals surface area contributed by atoms with E-state index >= 15 is 0 Å². The number of carbonyl (C=O) groups excluding carboxylic acids is 2. The number of ketones is 1. The first-order valence-electron chi connectivity index (χ1n) is 13.7. The zero-order chi connectivity index (χ0) is 25.3. The molecule has 3 heteroatoms. The van der Waals surface area contributed by atoms with Crippen LogP contribution in [0.4, 0.5) is 0 Å². The lowest BCUT2D eigenvalue weighted by Crippen LogP contribution is -2.22. The summed E-state index contributed by atoms with van der Waals surface area (Å²) in [6.45, 7) is 6.14. The quantitative estimate of drug-likeness (QED) is 0.277. The molecule has 1 atom stereocenters. The van der Waals surface area contributed by atoms with Gasteiger partial charge in [0.05, 0.1) is 0 Å². The lowest BCUT2D eigenvalue weighted by Gasteiger charge is -2.24. The van der Waals surface area contributed by atoms with Crippen molar-refractivity contribution in [1.29, 1.82) is 0 Å². The molecule has 2 fully saturated rings. The summed E-state index contributed by atoms with van der Waals surface area (Å²) in [5.74, 6) is 0.694. The number of aryl methyl sites for hydroxylation is 1. The van der Waals surface area contributed by atoms with Gasteiger partial charge in [-0.05, 0) is 91.7 Å². The summed E-state index contributed by atoms with van der Waals surface area (Å²) in [4.78, 5) is 29.4.